The van der Waals surface area contributed by atoms with Gasteiger partial charge in [-0.25, -0.2) is 0 Å². The van der Waals surface area contributed by atoms with Crippen molar-refractivity contribution >= 4 is 29.5 Å². The molecular weight excluding hydrogens is 438 g/mol. The van der Waals surface area contributed by atoms with E-state index in [1.807, 2.05) is 36.9 Å². The normalized spacial score (nSPS) is 19.7. The first kappa shape index (κ1) is 22.5. The minimum Gasteiger partial charge on any atom is -0.372 e. The molecule has 0 saturated carbocycles. The molecule has 2 aliphatic rings. The summed E-state index contributed by atoms with van der Waals surface area (Å²) >= 11 is 5.07. The van der Waals surface area contributed by atoms with Crippen molar-refractivity contribution in [3.05, 3.63) is 94.1 Å². The van der Waals surface area contributed by atoms with Crippen LogP contribution in [0.3, 0.4) is 0 Å². The number of hydrogen-bond donors (Lipinski definition) is 3. The van der Waals surface area contributed by atoms with Crippen molar-refractivity contribution in [3.8, 4) is 0 Å². The number of benzene rings is 2. The fourth-order valence-corrected chi connectivity index (χ4v) is 5.34. The number of hydrogen-bond acceptors (Lipinski definition) is 4. The number of aliphatic imine (C=N–C) groups is 1. The Labute approximate surface area is 205 Å². The van der Waals surface area contributed by atoms with E-state index >= 15 is 0 Å². The van der Waals surface area contributed by atoms with Crippen LogP contribution < -0.4 is 5.32 Å². The lowest BCUT2D eigenvalue weighted by Gasteiger charge is -2.26. The van der Waals surface area contributed by atoms with Gasteiger partial charge in [-0.3, -0.25) is 9.98 Å². The first-order valence-corrected chi connectivity index (χ1v) is 12.5. The quantitative estimate of drug-likeness (QED) is 0.323. The third kappa shape index (κ3) is 5.12. The molecule has 0 fully saturated rings. The SMILES string of the molecule is C1=NCC(CC2CCc3ccccc3C2)N1.C[C@@H](c1c[nH]c(=S)[nH]1)c1cccc2ncccc12. The maximum atomic E-state index is 5.07. The monoisotopic (exact) mass is 469 g/mol. The Balaban J connectivity index is 0.000000142. The molecule has 2 unspecified atom stereocenters. The number of nitrogens with zero attached hydrogens (tertiary/aromatic N) is 2. The molecular formula is C28H31N5S. The first-order valence-electron chi connectivity index (χ1n) is 12.1. The van der Waals surface area contributed by atoms with E-state index in [0.29, 0.717) is 10.8 Å². The van der Waals surface area contributed by atoms with Gasteiger partial charge < -0.3 is 15.3 Å². The Morgan fingerprint density at radius 1 is 1.06 bits per heavy atom. The number of H-pyrrole nitrogens is 2. The van der Waals surface area contributed by atoms with Crippen LogP contribution in [-0.2, 0) is 12.8 Å². The van der Waals surface area contributed by atoms with E-state index in [4.69, 9.17) is 12.2 Å². The number of rotatable bonds is 4. The Bertz CT molecular complexity index is 1320. The van der Waals surface area contributed by atoms with Gasteiger partial charge >= 0.3 is 0 Å². The molecule has 0 bridgehead atoms. The molecule has 5 nitrogen and oxygen atoms in total. The third-order valence-electron chi connectivity index (χ3n) is 7.02. The zero-order chi connectivity index (χ0) is 23.3. The van der Waals surface area contributed by atoms with Gasteiger partial charge in [0.1, 0.15) is 0 Å². The van der Waals surface area contributed by atoms with Crippen LogP contribution >= 0.6 is 12.2 Å². The summed E-state index contributed by atoms with van der Waals surface area (Å²) in [5, 5.41) is 4.52. The number of nitrogens with one attached hydrogen (secondary N) is 3. The molecule has 3 N–H and O–H groups in total. The predicted molar refractivity (Wildman–Crippen MR) is 142 cm³/mol. The van der Waals surface area contributed by atoms with Gasteiger partial charge in [0.2, 0.25) is 0 Å². The van der Waals surface area contributed by atoms with Crippen molar-refractivity contribution in [2.24, 2.45) is 10.9 Å². The number of pyridine rings is 1. The lowest BCUT2D eigenvalue weighted by molar-refractivity contribution is 0.385. The topological polar surface area (TPSA) is 68.9 Å². The summed E-state index contributed by atoms with van der Waals surface area (Å²) in [6.45, 7) is 3.13. The van der Waals surface area contributed by atoms with Crippen molar-refractivity contribution in [1.29, 1.82) is 0 Å². The van der Waals surface area contributed by atoms with E-state index in [9.17, 15) is 0 Å². The zero-order valence-corrected chi connectivity index (χ0v) is 20.3. The Hall–Kier alpha value is -3.25. The number of aromatic amines is 2. The van der Waals surface area contributed by atoms with Crippen molar-refractivity contribution in [2.75, 3.05) is 6.54 Å². The number of imidazole rings is 1. The molecule has 6 rings (SSSR count). The van der Waals surface area contributed by atoms with Gasteiger partial charge in [-0.05, 0) is 72.6 Å². The highest BCUT2D eigenvalue weighted by molar-refractivity contribution is 7.71. The minimum atomic E-state index is 0.255. The van der Waals surface area contributed by atoms with Crippen LogP contribution in [0.5, 0.6) is 0 Å². The average Bonchev–Trinajstić information content (AvgIpc) is 3.55. The van der Waals surface area contributed by atoms with Gasteiger partial charge in [0.25, 0.3) is 0 Å². The highest BCUT2D eigenvalue weighted by Crippen LogP contribution is 2.29. The van der Waals surface area contributed by atoms with Crippen LogP contribution in [0.2, 0.25) is 0 Å². The van der Waals surface area contributed by atoms with Crippen LogP contribution in [0, 0.1) is 10.7 Å². The van der Waals surface area contributed by atoms with Gasteiger partial charge in [-0.2, -0.15) is 0 Å². The molecule has 0 saturated heterocycles. The molecule has 3 heterocycles. The molecule has 0 amide bonds. The van der Waals surface area contributed by atoms with E-state index in [-0.39, 0.29) is 5.92 Å². The fourth-order valence-electron chi connectivity index (χ4n) is 5.16. The molecule has 1 aliphatic heterocycles. The number of aromatic nitrogens is 3. The van der Waals surface area contributed by atoms with Gasteiger partial charge in [0.05, 0.1) is 18.4 Å². The fraction of sp³-hybridized carbons (Fsp3) is 0.321. The van der Waals surface area contributed by atoms with Crippen LogP contribution in [0.15, 0.2) is 72.0 Å². The number of fused-ring (bicyclic) bond motifs is 2. The first-order chi connectivity index (χ1) is 16.7. The van der Waals surface area contributed by atoms with Crippen LogP contribution in [0.25, 0.3) is 10.9 Å². The van der Waals surface area contributed by atoms with E-state index in [1.54, 1.807) is 11.1 Å². The van der Waals surface area contributed by atoms with Crippen LogP contribution in [-0.4, -0.2) is 33.9 Å². The Kier molecular flexibility index (Phi) is 6.86. The molecule has 34 heavy (non-hydrogen) atoms. The molecule has 2 aromatic carbocycles. The number of aryl methyl sites for hydroxylation is 1. The minimum absolute atomic E-state index is 0.255. The summed E-state index contributed by atoms with van der Waals surface area (Å²) in [5.74, 6) is 1.10. The summed E-state index contributed by atoms with van der Waals surface area (Å²) in [4.78, 5) is 14.8. The summed E-state index contributed by atoms with van der Waals surface area (Å²) < 4.78 is 0.662. The molecule has 6 heteroatoms. The second-order valence-corrected chi connectivity index (χ2v) is 9.72. The summed E-state index contributed by atoms with van der Waals surface area (Å²) in [5.41, 5.74) is 6.50. The largest absolute Gasteiger partial charge is 0.372 e. The third-order valence-corrected chi connectivity index (χ3v) is 7.24. The highest BCUT2D eigenvalue weighted by atomic mass is 32.1. The molecule has 0 radical (unpaired) electrons. The van der Waals surface area contributed by atoms with E-state index < -0.39 is 0 Å². The highest BCUT2D eigenvalue weighted by Gasteiger charge is 2.22. The van der Waals surface area contributed by atoms with Gasteiger partial charge in [-0.15, -0.1) is 0 Å². The van der Waals surface area contributed by atoms with Crippen molar-refractivity contribution in [1.82, 2.24) is 20.3 Å². The Morgan fingerprint density at radius 2 is 1.94 bits per heavy atom. The van der Waals surface area contributed by atoms with Crippen LogP contribution in [0.1, 0.15) is 48.1 Å². The lowest BCUT2D eigenvalue weighted by Crippen LogP contribution is -2.29. The van der Waals surface area contributed by atoms with E-state index in [2.05, 4.69) is 68.6 Å². The van der Waals surface area contributed by atoms with Gasteiger partial charge in [0, 0.05) is 35.4 Å². The molecule has 174 valence electrons. The van der Waals surface area contributed by atoms with E-state index in [1.165, 1.54) is 36.6 Å². The van der Waals surface area contributed by atoms with Crippen molar-refractivity contribution < 1.29 is 0 Å². The molecule has 0 spiro atoms. The molecule has 3 atom stereocenters. The lowest BCUT2D eigenvalue weighted by atomic mass is 9.81. The summed E-state index contributed by atoms with van der Waals surface area (Å²) in [6, 6.07) is 19.8. The second kappa shape index (κ2) is 10.3. The average molecular weight is 470 g/mol. The predicted octanol–water partition coefficient (Wildman–Crippen LogP) is 5.95. The maximum absolute atomic E-state index is 5.07. The van der Waals surface area contributed by atoms with Gasteiger partial charge in [-0.1, -0.05) is 49.4 Å². The van der Waals surface area contributed by atoms with E-state index in [0.717, 1.165) is 23.7 Å². The smallest absolute Gasteiger partial charge is 0.174 e. The second-order valence-electron chi connectivity index (χ2n) is 9.31. The standard InChI is InChI=1S/C14H13N3S.C14H18N2/c1-9(13-8-16-14(18)17-13)10-4-2-6-12-11(10)5-3-7-15-12;1-2-4-13-7-11(5-6-12(13)3-1)8-14-9-15-10-16-14/h2-9H,1H3,(H2,16,17,18);1-4,10-11,14H,5-9H2,(H,15,16)/t9-;/m1./s1. The summed E-state index contributed by atoms with van der Waals surface area (Å²) in [6.07, 6.45) is 10.7. The summed E-state index contributed by atoms with van der Waals surface area (Å²) in [7, 11) is 0. The van der Waals surface area contributed by atoms with Crippen molar-refractivity contribution in [3.63, 3.8) is 0 Å². The van der Waals surface area contributed by atoms with Crippen molar-refractivity contribution in [2.45, 2.75) is 44.6 Å². The van der Waals surface area contributed by atoms with Crippen LogP contribution in [0.4, 0.5) is 0 Å². The molecule has 4 aromatic rings. The maximum Gasteiger partial charge on any atom is 0.174 e. The Morgan fingerprint density at radius 3 is 2.74 bits per heavy atom. The van der Waals surface area contributed by atoms with Gasteiger partial charge in [0.15, 0.2) is 4.77 Å². The molecule has 1 aliphatic carbocycles. The molecule has 2 aromatic heterocycles. The zero-order valence-electron chi connectivity index (χ0n) is 19.5.